The Bertz CT molecular complexity index is 308. The van der Waals surface area contributed by atoms with Crippen LogP contribution in [0.15, 0.2) is 17.4 Å². The van der Waals surface area contributed by atoms with E-state index in [0.717, 1.165) is 22.3 Å². The molecule has 1 radical (unpaired) electrons. The first-order chi connectivity index (χ1) is 6.65. The Morgan fingerprint density at radius 1 is 1.67 bits per heavy atom. The zero-order valence-corrected chi connectivity index (χ0v) is 14.3. The Morgan fingerprint density at radius 2 is 2.33 bits per heavy atom. The molecule has 0 aromatic heterocycles. The van der Waals surface area contributed by atoms with E-state index in [2.05, 4.69) is 6.42 Å². The summed E-state index contributed by atoms with van der Waals surface area (Å²) in [6.45, 7) is 5.54. The number of carbonyl (C=O) groups is 1. The zero-order valence-electron chi connectivity index (χ0n) is 8.53. The number of Topliss-reactive ketones (excluding diaryl/α,β-unsaturated/α-hetero) is 1. The summed E-state index contributed by atoms with van der Waals surface area (Å²) in [7, 11) is 1.52. The first kappa shape index (κ1) is 15.5. The first-order valence-corrected chi connectivity index (χ1v) is 5.72. The standard InChI is InChI=1S/C11H11O2.W.Y/c1-9(13-2)7-10-5-3-4-6-11(12)8-10;;/h1,3,6-7H,4-5H2,2H3;;/q-3;;/b10-7-;;. The van der Waals surface area contributed by atoms with Gasteiger partial charge in [-0.3, -0.25) is 0 Å². The van der Waals surface area contributed by atoms with Crippen molar-refractivity contribution in [1.82, 2.24) is 0 Å². The number of ether oxygens (including phenoxy) is 1. The van der Waals surface area contributed by atoms with Gasteiger partial charge in [0.15, 0.2) is 0 Å². The van der Waals surface area contributed by atoms with E-state index in [1.807, 2.05) is 0 Å². The smallest absolute Gasteiger partial charge is 0 e. The normalized spacial score (nSPS) is 18.9. The Labute approximate surface area is 127 Å². The maximum absolute atomic E-state index is 11.5. The van der Waals surface area contributed by atoms with Crippen molar-refractivity contribution in [2.75, 3.05) is 7.11 Å². The molecule has 0 unspecified atom stereocenters. The molecule has 2 nitrogen and oxygen atoms in total. The van der Waals surface area contributed by atoms with Gasteiger partial charge in [-0.25, -0.2) is 0 Å². The number of ketones is 1. The third kappa shape index (κ3) is 4.89. The van der Waals surface area contributed by atoms with Gasteiger partial charge in [0.05, 0.1) is 0 Å². The third-order valence-corrected chi connectivity index (χ3v) is 3.57. The number of rotatable bonds is 2. The molecule has 0 aromatic carbocycles. The second kappa shape index (κ2) is 7.71. The van der Waals surface area contributed by atoms with Crippen molar-refractivity contribution >= 4 is 9.68 Å². The van der Waals surface area contributed by atoms with E-state index in [1.165, 1.54) is 26.5 Å². The van der Waals surface area contributed by atoms with Crippen molar-refractivity contribution in [2.45, 2.75) is 12.8 Å². The number of allylic oxidation sites excluding steroid dienone is 2. The summed E-state index contributed by atoms with van der Waals surface area (Å²) in [6, 6.07) is 0. The minimum Gasteiger partial charge on any atom is 0 e. The maximum atomic E-state index is 11.5. The van der Waals surface area contributed by atoms with E-state index in [-0.39, 0.29) is 38.5 Å². The molecule has 0 N–H and O–H groups in total. The Balaban J connectivity index is 0.00000196. The molecule has 0 aromatic rings. The minimum absolute atomic E-state index is 0. The quantitative estimate of drug-likeness (QED) is 0.363. The van der Waals surface area contributed by atoms with Crippen molar-refractivity contribution in [3.63, 3.8) is 0 Å². The van der Waals surface area contributed by atoms with E-state index in [9.17, 15) is 4.79 Å². The van der Waals surface area contributed by atoms with Crippen LogP contribution in [0, 0.1) is 19.4 Å². The predicted molar refractivity (Wildman–Crippen MR) is 50.8 cm³/mol. The zero-order chi connectivity index (χ0) is 10.6. The number of carbonyl (C=O) groups excluding carboxylic acids is 1. The van der Waals surface area contributed by atoms with Crippen LogP contribution in [-0.4, -0.2) is 16.8 Å². The van der Waals surface area contributed by atoms with Crippen LogP contribution in [0.1, 0.15) is 12.8 Å². The van der Waals surface area contributed by atoms with Crippen molar-refractivity contribution in [3.05, 3.63) is 36.8 Å². The molecule has 1 rings (SSSR count). The summed E-state index contributed by atoms with van der Waals surface area (Å²) >= 11 is 1.17. The largest absolute Gasteiger partial charge is 0 e. The first-order valence-electron chi connectivity index (χ1n) is 4.25. The van der Waals surface area contributed by atoms with Crippen LogP contribution in [-0.2, 0) is 61.6 Å². The second-order valence-electron chi connectivity index (χ2n) is 2.90. The van der Waals surface area contributed by atoms with Crippen LogP contribution < -0.4 is 0 Å². The van der Waals surface area contributed by atoms with Gasteiger partial charge < -0.3 is 0 Å². The molecule has 0 saturated heterocycles. The monoisotopic (exact) mass is 448 g/mol. The van der Waals surface area contributed by atoms with E-state index in [0.29, 0.717) is 5.76 Å². The van der Waals surface area contributed by atoms with Crippen LogP contribution in [0.5, 0.6) is 0 Å². The van der Waals surface area contributed by atoms with E-state index >= 15 is 0 Å². The predicted octanol–water partition coefficient (Wildman–Crippen LogP) is 1.36. The topological polar surface area (TPSA) is 26.3 Å². The molecule has 0 heterocycles. The summed E-state index contributed by atoms with van der Waals surface area (Å²) in [4.78, 5) is 11.5. The SMILES string of the molecule is [CH-]=C(/C=C1/C[CH-]C[CH-]C(=O)[C]1=[W])OC.[Y]. The molecule has 1 aliphatic rings. The van der Waals surface area contributed by atoms with E-state index in [1.54, 1.807) is 12.5 Å². The van der Waals surface area contributed by atoms with Gasteiger partial charge in [-0.05, 0) is 0 Å². The van der Waals surface area contributed by atoms with Crippen LogP contribution in [0.25, 0.3) is 0 Å². The molecule has 1 fully saturated rings. The Kier molecular flexibility index (Phi) is 7.95. The fraction of sp³-hybridized carbons (Fsp3) is 0.273. The van der Waals surface area contributed by atoms with Crippen molar-refractivity contribution < 1.29 is 61.6 Å². The van der Waals surface area contributed by atoms with Gasteiger partial charge in [-0.1, -0.05) is 0 Å². The fourth-order valence-electron chi connectivity index (χ4n) is 1.13. The average molecular weight is 448 g/mol. The van der Waals surface area contributed by atoms with Gasteiger partial charge in [0.25, 0.3) is 0 Å². The van der Waals surface area contributed by atoms with Crippen LogP contribution >= 0.6 is 0 Å². The fourth-order valence-corrected chi connectivity index (χ4v) is 1.94. The van der Waals surface area contributed by atoms with Crippen LogP contribution in [0.4, 0.5) is 0 Å². The van der Waals surface area contributed by atoms with Crippen molar-refractivity contribution in [1.29, 1.82) is 0 Å². The summed E-state index contributed by atoms with van der Waals surface area (Å²) in [5, 5.41) is 0. The van der Waals surface area contributed by atoms with Gasteiger partial charge in [-0.15, -0.1) is 0 Å². The van der Waals surface area contributed by atoms with Crippen LogP contribution in [0.2, 0.25) is 0 Å². The molecule has 1 aliphatic carbocycles. The second-order valence-corrected chi connectivity index (χ2v) is 4.37. The molecular weight excluding hydrogens is 437 g/mol. The average Bonchev–Trinajstić information content (AvgIpc) is 2.33. The van der Waals surface area contributed by atoms with Crippen molar-refractivity contribution in [3.8, 4) is 0 Å². The van der Waals surface area contributed by atoms with E-state index < -0.39 is 0 Å². The third-order valence-electron chi connectivity index (χ3n) is 1.90. The van der Waals surface area contributed by atoms with Gasteiger partial charge in [0.2, 0.25) is 0 Å². The number of hydrogen-bond donors (Lipinski definition) is 0. The van der Waals surface area contributed by atoms with E-state index in [4.69, 9.17) is 11.3 Å². The summed E-state index contributed by atoms with van der Waals surface area (Å²) < 4.78 is 5.69. The maximum Gasteiger partial charge on any atom is 0 e. The van der Waals surface area contributed by atoms with Gasteiger partial charge in [0.1, 0.15) is 0 Å². The summed E-state index contributed by atoms with van der Waals surface area (Å²) in [5.74, 6) is 0.464. The Hall–Kier alpha value is 0.482. The molecule has 0 spiro atoms. The molecule has 4 heteroatoms. The molecule has 1 saturated carbocycles. The van der Waals surface area contributed by atoms with Gasteiger partial charge >= 0.3 is 95.3 Å². The summed E-state index contributed by atoms with van der Waals surface area (Å²) in [6.07, 6.45) is 7.01. The molecule has 0 bridgehead atoms. The minimum atomic E-state index is 0. The summed E-state index contributed by atoms with van der Waals surface area (Å²) in [5.41, 5.74) is 0.970. The molecule has 0 atom stereocenters. The van der Waals surface area contributed by atoms with Crippen molar-refractivity contribution in [2.24, 2.45) is 0 Å². The molecular formula is C11H11O2WY-3. The molecule has 0 aliphatic heterocycles. The Morgan fingerprint density at radius 3 is 2.93 bits per heavy atom. The number of hydrogen-bond acceptors (Lipinski definition) is 2. The van der Waals surface area contributed by atoms with Gasteiger partial charge in [-0.2, -0.15) is 0 Å². The molecule has 0 amide bonds. The molecule has 79 valence electrons. The molecule has 15 heavy (non-hydrogen) atoms. The van der Waals surface area contributed by atoms with Gasteiger partial charge in [0, 0.05) is 32.7 Å². The van der Waals surface area contributed by atoms with Crippen LogP contribution in [0.3, 0.4) is 0 Å². The number of methoxy groups -OCH3 is 1.